The number of benzene rings is 1. The lowest BCUT2D eigenvalue weighted by Crippen LogP contribution is -2.15. The van der Waals surface area contributed by atoms with Crippen molar-refractivity contribution in [2.75, 3.05) is 10.5 Å². The average molecular weight is 301 g/mol. The number of pyridine rings is 1. The fourth-order valence-corrected chi connectivity index (χ4v) is 3.00. The van der Waals surface area contributed by atoms with E-state index in [2.05, 4.69) is 19.7 Å². The van der Waals surface area contributed by atoms with Crippen molar-refractivity contribution in [1.29, 1.82) is 0 Å². The van der Waals surface area contributed by atoms with E-state index in [9.17, 15) is 8.42 Å². The molecular formula is C13H11N5O2S. The van der Waals surface area contributed by atoms with E-state index in [4.69, 9.17) is 5.73 Å². The van der Waals surface area contributed by atoms with Crippen LogP contribution in [0.1, 0.15) is 0 Å². The van der Waals surface area contributed by atoms with Gasteiger partial charge >= 0.3 is 0 Å². The summed E-state index contributed by atoms with van der Waals surface area (Å²) in [4.78, 5) is 12.0. The fraction of sp³-hybridized carbons (Fsp3) is 0. The third kappa shape index (κ3) is 2.61. The molecule has 0 aliphatic carbocycles. The summed E-state index contributed by atoms with van der Waals surface area (Å²) in [6.07, 6.45) is 4.54. The largest absolute Gasteiger partial charge is 0.383 e. The molecule has 0 amide bonds. The minimum Gasteiger partial charge on any atom is -0.383 e. The zero-order chi connectivity index (χ0) is 14.9. The lowest BCUT2D eigenvalue weighted by molar-refractivity contribution is 0.601. The molecule has 2 heterocycles. The van der Waals surface area contributed by atoms with E-state index in [-0.39, 0.29) is 10.7 Å². The number of hydrogen-bond donors (Lipinski definition) is 2. The zero-order valence-electron chi connectivity index (χ0n) is 10.8. The lowest BCUT2D eigenvalue weighted by Gasteiger charge is -2.09. The summed E-state index contributed by atoms with van der Waals surface area (Å²) in [6.45, 7) is 0. The number of aromatic nitrogens is 3. The standard InChI is InChI=1S/C13H11N5O2S/c14-13-12(2-1-5-17-13)21(19,20)18-9-3-4-10-11(8-9)16-7-6-15-10/h1-8,18H,(H2,14,17). The summed E-state index contributed by atoms with van der Waals surface area (Å²) < 4.78 is 27.0. The maximum Gasteiger partial charge on any atom is 0.265 e. The van der Waals surface area contributed by atoms with Gasteiger partial charge in [-0.25, -0.2) is 13.4 Å². The van der Waals surface area contributed by atoms with Crippen LogP contribution in [0.15, 0.2) is 53.8 Å². The molecule has 0 fully saturated rings. The number of anilines is 2. The number of rotatable bonds is 3. The molecular weight excluding hydrogens is 290 g/mol. The van der Waals surface area contributed by atoms with Gasteiger partial charge in [0.2, 0.25) is 0 Å². The molecule has 7 nitrogen and oxygen atoms in total. The van der Waals surface area contributed by atoms with Crippen LogP contribution in [0, 0.1) is 0 Å². The molecule has 106 valence electrons. The van der Waals surface area contributed by atoms with Crippen molar-refractivity contribution in [3.8, 4) is 0 Å². The predicted octanol–water partition coefficient (Wildman–Crippen LogP) is 1.41. The molecule has 0 unspecified atom stereocenters. The predicted molar refractivity (Wildman–Crippen MR) is 79.0 cm³/mol. The molecule has 0 radical (unpaired) electrons. The van der Waals surface area contributed by atoms with Gasteiger partial charge < -0.3 is 5.73 Å². The van der Waals surface area contributed by atoms with Crippen LogP contribution in [0.4, 0.5) is 11.5 Å². The molecule has 0 aliphatic heterocycles. The first-order chi connectivity index (χ1) is 10.1. The van der Waals surface area contributed by atoms with Gasteiger partial charge in [0, 0.05) is 18.6 Å². The summed E-state index contributed by atoms with van der Waals surface area (Å²) >= 11 is 0. The second-order valence-corrected chi connectivity index (χ2v) is 5.90. The Morgan fingerprint density at radius 3 is 2.48 bits per heavy atom. The van der Waals surface area contributed by atoms with E-state index in [0.29, 0.717) is 16.7 Å². The number of nitrogens with zero attached hydrogens (tertiary/aromatic N) is 3. The maximum absolute atomic E-state index is 12.3. The van der Waals surface area contributed by atoms with E-state index in [1.165, 1.54) is 18.3 Å². The Kier molecular flexibility index (Phi) is 3.15. The Bertz CT molecular complexity index is 911. The summed E-state index contributed by atoms with van der Waals surface area (Å²) in [5, 5.41) is 0. The van der Waals surface area contributed by atoms with Crippen molar-refractivity contribution < 1.29 is 8.42 Å². The van der Waals surface area contributed by atoms with Gasteiger partial charge in [0.15, 0.2) is 0 Å². The van der Waals surface area contributed by atoms with Crippen LogP contribution in [0.2, 0.25) is 0 Å². The molecule has 21 heavy (non-hydrogen) atoms. The minimum atomic E-state index is -3.80. The number of hydrogen-bond acceptors (Lipinski definition) is 6. The molecule has 0 saturated carbocycles. The lowest BCUT2D eigenvalue weighted by atomic mass is 10.3. The number of sulfonamides is 1. The Hall–Kier alpha value is -2.74. The molecule has 0 bridgehead atoms. The normalized spacial score (nSPS) is 11.4. The number of fused-ring (bicyclic) bond motifs is 1. The van der Waals surface area contributed by atoms with Gasteiger partial charge in [0.25, 0.3) is 10.0 Å². The van der Waals surface area contributed by atoms with Crippen LogP contribution in [0.25, 0.3) is 11.0 Å². The van der Waals surface area contributed by atoms with E-state index in [0.717, 1.165) is 0 Å². The van der Waals surface area contributed by atoms with Gasteiger partial charge in [-0.15, -0.1) is 0 Å². The molecule has 8 heteroatoms. The van der Waals surface area contributed by atoms with Gasteiger partial charge in [0.05, 0.1) is 16.7 Å². The summed E-state index contributed by atoms with van der Waals surface area (Å²) in [5.74, 6) is -0.0504. The van der Waals surface area contributed by atoms with Gasteiger partial charge in [0.1, 0.15) is 10.7 Å². The van der Waals surface area contributed by atoms with Crippen LogP contribution in [0.3, 0.4) is 0 Å². The fourth-order valence-electron chi connectivity index (χ4n) is 1.87. The Morgan fingerprint density at radius 2 is 1.71 bits per heavy atom. The van der Waals surface area contributed by atoms with E-state index >= 15 is 0 Å². The van der Waals surface area contributed by atoms with Crippen molar-refractivity contribution in [2.45, 2.75) is 4.90 Å². The molecule has 3 rings (SSSR count). The number of nitrogens with one attached hydrogen (secondary N) is 1. The number of nitrogens with two attached hydrogens (primary N) is 1. The molecule has 0 atom stereocenters. The topological polar surface area (TPSA) is 111 Å². The molecule has 3 N–H and O–H groups in total. The minimum absolute atomic E-state index is 0.0504. The van der Waals surface area contributed by atoms with Crippen molar-refractivity contribution in [1.82, 2.24) is 15.0 Å². The molecule has 0 spiro atoms. The van der Waals surface area contributed by atoms with Crippen molar-refractivity contribution in [3.63, 3.8) is 0 Å². The molecule has 0 aliphatic rings. The highest BCUT2D eigenvalue weighted by atomic mass is 32.2. The van der Waals surface area contributed by atoms with E-state index in [1.54, 1.807) is 30.6 Å². The smallest absolute Gasteiger partial charge is 0.265 e. The third-order valence-electron chi connectivity index (χ3n) is 2.81. The summed E-state index contributed by atoms with van der Waals surface area (Å²) in [5.41, 5.74) is 7.26. The molecule has 2 aromatic heterocycles. The van der Waals surface area contributed by atoms with Gasteiger partial charge in [-0.05, 0) is 30.3 Å². The summed E-state index contributed by atoms with van der Waals surface area (Å²) in [6, 6.07) is 7.81. The number of nitrogen functional groups attached to an aromatic ring is 1. The van der Waals surface area contributed by atoms with Crippen molar-refractivity contribution in [2.24, 2.45) is 0 Å². The van der Waals surface area contributed by atoms with Gasteiger partial charge in [-0.3, -0.25) is 14.7 Å². The highest BCUT2D eigenvalue weighted by Crippen LogP contribution is 2.21. The highest BCUT2D eigenvalue weighted by molar-refractivity contribution is 7.92. The quantitative estimate of drug-likeness (QED) is 0.756. The van der Waals surface area contributed by atoms with Crippen molar-refractivity contribution in [3.05, 3.63) is 48.9 Å². The monoisotopic (exact) mass is 301 g/mol. The first kappa shape index (κ1) is 13.3. The van der Waals surface area contributed by atoms with Crippen LogP contribution >= 0.6 is 0 Å². The average Bonchev–Trinajstić information content (AvgIpc) is 2.47. The Balaban J connectivity index is 1.99. The van der Waals surface area contributed by atoms with Crippen LogP contribution in [0.5, 0.6) is 0 Å². The van der Waals surface area contributed by atoms with Crippen LogP contribution in [-0.4, -0.2) is 23.4 Å². The zero-order valence-corrected chi connectivity index (χ0v) is 11.6. The highest BCUT2D eigenvalue weighted by Gasteiger charge is 2.18. The Labute approximate surface area is 120 Å². The maximum atomic E-state index is 12.3. The molecule has 1 aromatic carbocycles. The first-order valence-electron chi connectivity index (χ1n) is 6.00. The third-order valence-corrected chi connectivity index (χ3v) is 4.24. The van der Waals surface area contributed by atoms with Crippen LogP contribution in [-0.2, 0) is 10.0 Å². The van der Waals surface area contributed by atoms with Crippen molar-refractivity contribution >= 4 is 32.6 Å². The molecule has 0 saturated heterocycles. The van der Waals surface area contributed by atoms with Crippen LogP contribution < -0.4 is 10.5 Å². The summed E-state index contributed by atoms with van der Waals surface area (Å²) in [7, 11) is -3.80. The second kappa shape index (κ2) is 4.98. The SMILES string of the molecule is Nc1ncccc1S(=O)(=O)Nc1ccc2nccnc2c1. The second-order valence-electron chi connectivity index (χ2n) is 4.25. The van der Waals surface area contributed by atoms with Gasteiger partial charge in [-0.2, -0.15) is 0 Å². The van der Waals surface area contributed by atoms with E-state index < -0.39 is 10.0 Å². The van der Waals surface area contributed by atoms with E-state index in [1.807, 2.05) is 0 Å². The van der Waals surface area contributed by atoms with Gasteiger partial charge in [-0.1, -0.05) is 0 Å². The Morgan fingerprint density at radius 1 is 0.952 bits per heavy atom. The first-order valence-corrected chi connectivity index (χ1v) is 7.49. The molecule has 3 aromatic rings.